The molecule has 0 aliphatic heterocycles. The van der Waals surface area contributed by atoms with E-state index in [1.807, 2.05) is 0 Å². The molecule has 0 aliphatic carbocycles. The fourth-order valence-corrected chi connectivity index (χ4v) is 2.63. The normalized spacial score (nSPS) is 11.4. The standard InChI is InChI=1S/C10H11BrN4O2S/c1-15-5-4-10(13-15)14-18(16,17)7-2-3-8(11)9(12)6-7/h2-6H,12H2,1H3,(H,13,14). The van der Waals surface area contributed by atoms with Gasteiger partial charge in [0, 0.05) is 29.5 Å². The summed E-state index contributed by atoms with van der Waals surface area (Å²) >= 11 is 3.21. The molecule has 1 aromatic carbocycles. The molecule has 0 saturated heterocycles. The monoisotopic (exact) mass is 330 g/mol. The molecule has 0 bridgehead atoms. The molecule has 0 aliphatic rings. The number of hydrogen-bond donors (Lipinski definition) is 2. The van der Waals surface area contributed by atoms with Crippen LogP contribution in [-0.4, -0.2) is 18.2 Å². The highest BCUT2D eigenvalue weighted by Gasteiger charge is 2.16. The van der Waals surface area contributed by atoms with E-state index in [1.54, 1.807) is 25.4 Å². The third-order valence-corrected chi connectivity index (χ3v) is 4.30. The minimum atomic E-state index is -3.67. The molecule has 0 atom stereocenters. The van der Waals surface area contributed by atoms with E-state index in [0.29, 0.717) is 10.2 Å². The lowest BCUT2D eigenvalue weighted by Crippen LogP contribution is -2.13. The summed E-state index contributed by atoms with van der Waals surface area (Å²) in [6.45, 7) is 0. The third kappa shape index (κ3) is 2.65. The maximum absolute atomic E-state index is 12.0. The summed E-state index contributed by atoms with van der Waals surface area (Å²) < 4.78 is 28.6. The SMILES string of the molecule is Cn1ccc(NS(=O)(=O)c2ccc(Br)c(N)c2)n1. The number of nitrogens with zero attached hydrogens (tertiary/aromatic N) is 2. The smallest absolute Gasteiger partial charge is 0.263 e. The minimum absolute atomic E-state index is 0.0915. The summed E-state index contributed by atoms with van der Waals surface area (Å²) in [7, 11) is -1.96. The van der Waals surface area contributed by atoms with Crippen LogP contribution in [0.5, 0.6) is 0 Å². The number of nitrogens with one attached hydrogen (secondary N) is 1. The van der Waals surface area contributed by atoms with Gasteiger partial charge in [-0.15, -0.1) is 0 Å². The molecule has 0 fully saturated rings. The largest absolute Gasteiger partial charge is 0.398 e. The van der Waals surface area contributed by atoms with E-state index < -0.39 is 10.0 Å². The Morgan fingerprint density at radius 2 is 2.11 bits per heavy atom. The lowest BCUT2D eigenvalue weighted by Gasteiger charge is -2.06. The molecule has 1 heterocycles. The van der Waals surface area contributed by atoms with Crippen LogP contribution < -0.4 is 10.5 Å². The van der Waals surface area contributed by atoms with Crippen molar-refractivity contribution in [2.24, 2.45) is 7.05 Å². The fraction of sp³-hybridized carbons (Fsp3) is 0.100. The van der Waals surface area contributed by atoms with E-state index in [4.69, 9.17) is 5.73 Å². The highest BCUT2D eigenvalue weighted by Crippen LogP contribution is 2.23. The molecular formula is C10H11BrN4O2S. The van der Waals surface area contributed by atoms with Gasteiger partial charge in [0.05, 0.1) is 4.90 Å². The molecule has 0 saturated carbocycles. The highest BCUT2D eigenvalue weighted by atomic mass is 79.9. The van der Waals surface area contributed by atoms with Crippen molar-refractivity contribution in [1.82, 2.24) is 9.78 Å². The van der Waals surface area contributed by atoms with E-state index in [0.717, 1.165) is 0 Å². The number of halogens is 1. The molecule has 0 amide bonds. The zero-order valence-corrected chi connectivity index (χ0v) is 11.9. The Bertz CT molecular complexity index is 681. The lowest BCUT2D eigenvalue weighted by atomic mass is 10.3. The van der Waals surface area contributed by atoms with Crippen LogP contribution >= 0.6 is 15.9 Å². The topological polar surface area (TPSA) is 90.0 Å². The minimum Gasteiger partial charge on any atom is -0.398 e. The van der Waals surface area contributed by atoms with Crippen molar-refractivity contribution in [1.29, 1.82) is 0 Å². The van der Waals surface area contributed by atoms with Crippen molar-refractivity contribution in [3.8, 4) is 0 Å². The van der Waals surface area contributed by atoms with Crippen LogP contribution in [0, 0.1) is 0 Å². The second kappa shape index (κ2) is 4.62. The van der Waals surface area contributed by atoms with Gasteiger partial charge in [0.25, 0.3) is 10.0 Å². The van der Waals surface area contributed by atoms with Crippen LogP contribution in [0.4, 0.5) is 11.5 Å². The van der Waals surface area contributed by atoms with Crippen LogP contribution in [0.25, 0.3) is 0 Å². The highest BCUT2D eigenvalue weighted by molar-refractivity contribution is 9.10. The number of rotatable bonds is 3. The van der Waals surface area contributed by atoms with Gasteiger partial charge in [0.2, 0.25) is 0 Å². The zero-order valence-electron chi connectivity index (χ0n) is 9.46. The van der Waals surface area contributed by atoms with Crippen LogP contribution in [0.15, 0.2) is 39.8 Å². The molecule has 3 N–H and O–H groups in total. The first-order chi connectivity index (χ1) is 8.38. The summed E-state index contributed by atoms with van der Waals surface area (Å²) in [5, 5.41) is 3.95. The molecule has 96 valence electrons. The van der Waals surface area contributed by atoms with E-state index in [9.17, 15) is 8.42 Å². The van der Waals surface area contributed by atoms with Crippen molar-refractivity contribution in [3.63, 3.8) is 0 Å². The number of nitrogen functional groups attached to an aromatic ring is 1. The number of sulfonamides is 1. The second-order valence-electron chi connectivity index (χ2n) is 3.66. The van der Waals surface area contributed by atoms with Crippen molar-refractivity contribution in [3.05, 3.63) is 34.9 Å². The molecule has 0 spiro atoms. The number of nitrogens with two attached hydrogens (primary N) is 1. The zero-order chi connectivity index (χ0) is 13.3. The van der Waals surface area contributed by atoms with Gasteiger partial charge >= 0.3 is 0 Å². The number of benzene rings is 1. The van der Waals surface area contributed by atoms with Gasteiger partial charge in [-0.1, -0.05) is 0 Å². The quantitative estimate of drug-likeness (QED) is 0.836. The van der Waals surface area contributed by atoms with Gasteiger partial charge in [-0.3, -0.25) is 9.40 Å². The molecular weight excluding hydrogens is 320 g/mol. The number of aryl methyl sites for hydroxylation is 1. The first kappa shape index (κ1) is 12.9. The predicted octanol–water partition coefficient (Wildman–Crippen LogP) is 1.57. The number of hydrogen-bond acceptors (Lipinski definition) is 4. The Hall–Kier alpha value is -1.54. The Labute approximate surface area is 113 Å². The molecule has 2 aromatic rings. The van der Waals surface area contributed by atoms with Crippen LogP contribution in [0.3, 0.4) is 0 Å². The molecule has 18 heavy (non-hydrogen) atoms. The maximum Gasteiger partial charge on any atom is 0.263 e. The second-order valence-corrected chi connectivity index (χ2v) is 6.20. The summed E-state index contributed by atoms with van der Waals surface area (Å²) in [5.41, 5.74) is 6.02. The van der Waals surface area contributed by atoms with Gasteiger partial charge < -0.3 is 5.73 Å². The van der Waals surface area contributed by atoms with Crippen molar-refractivity contribution < 1.29 is 8.42 Å². The first-order valence-electron chi connectivity index (χ1n) is 4.96. The van der Waals surface area contributed by atoms with E-state index in [2.05, 4.69) is 25.8 Å². The average Bonchev–Trinajstić information content (AvgIpc) is 2.67. The molecule has 0 radical (unpaired) electrons. The van der Waals surface area contributed by atoms with E-state index in [1.165, 1.54) is 16.8 Å². The lowest BCUT2D eigenvalue weighted by molar-refractivity contribution is 0.601. The summed E-state index contributed by atoms with van der Waals surface area (Å²) in [5.74, 6) is 0.263. The predicted molar refractivity (Wildman–Crippen MR) is 72.6 cm³/mol. The van der Waals surface area contributed by atoms with Crippen LogP contribution in [0.1, 0.15) is 0 Å². The first-order valence-corrected chi connectivity index (χ1v) is 7.23. The average molecular weight is 331 g/mol. The van der Waals surface area contributed by atoms with Crippen molar-refractivity contribution >= 4 is 37.5 Å². The molecule has 6 nitrogen and oxygen atoms in total. The van der Waals surface area contributed by atoms with E-state index in [-0.39, 0.29) is 10.7 Å². The van der Waals surface area contributed by atoms with Crippen LogP contribution in [0.2, 0.25) is 0 Å². The van der Waals surface area contributed by atoms with Crippen LogP contribution in [-0.2, 0) is 17.1 Å². The van der Waals surface area contributed by atoms with Gasteiger partial charge in [0.1, 0.15) is 0 Å². The molecule has 1 aromatic heterocycles. The molecule has 8 heteroatoms. The van der Waals surface area contributed by atoms with Gasteiger partial charge in [-0.2, -0.15) is 5.10 Å². The molecule has 2 rings (SSSR count). The summed E-state index contributed by atoms with van der Waals surface area (Å²) in [6, 6.07) is 6.00. The maximum atomic E-state index is 12.0. The summed E-state index contributed by atoms with van der Waals surface area (Å²) in [6.07, 6.45) is 1.65. The van der Waals surface area contributed by atoms with Crippen molar-refractivity contribution in [2.75, 3.05) is 10.5 Å². The van der Waals surface area contributed by atoms with Gasteiger partial charge in [-0.05, 0) is 34.1 Å². The van der Waals surface area contributed by atoms with E-state index >= 15 is 0 Å². The molecule has 0 unspecified atom stereocenters. The Balaban J connectivity index is 2.33. The number of anilines is 2. The van der Waals surface area contributed by atoms with Crippen molar-refractivity contribution in [2.45, 2.75) is 4.90 Å². The Morgan fingerprint density at radius 1 is 1.39 bits per heavy atom. The number of aromatic nitrogens is 2. The summed E-state index contributed by atoms with van der Waals surface area (Å²) in [4.78, 5) is 0.0915. The van der Waals surface area contributed by atoms with Gasteiger partial charge in [-0.25, -0.2) is 8.42 Å². The Morgan fingerprint density at radius 3 is 2.67 bits per heavy atom. The Kier molecular flexibility index (Phi) is 3.31. The fourth-order valence-electron chi connectivity index (χ4n) is 1.36. The third-order valence-electron chi connectivity index (χ3n) is 2.23. The van der Waals surface area contributed by atoms with Gasteiger partial charge in [0.15, 0.2) is 5.82 Å².